The topological polar surface area (TPSA) is 55.2 Å². The van der Waals surface area contributed by atoms with E-state index in [-0.39, 0.29) is 6.10 Å². The van der Waals surface area contributed by atoms with Gasteiger partial charge in [-0.15, -0.1) is 0 Å². The highest BCUT2D eigenvalue weighted by Crippen LogP contribution is 2.33. The standard InChI is InChI=1S/C10H14N2O2/c1-8-4-10(13,2-3-14-8)9-5-11-7-12-6-9/h5-8,13H,2-4H2,1H3. The molecule has 0 saturated carbocycles. The summed E-state index contributed by atoms with van der Waals surface area (Å²) in [6.45, 7) is 2.56. The molecule has 76 valence electrons. The second kappa shape index (κ2) is 3.63. The maximum absolute atomic E-state index is 10.4. The smallest absolute Gasteiger partial charge is 0.115 e. The highest BCUT2D eigenvalue weighted by atomic mass is 16.5. The van der Waals surface area contributed by atoms with E-state index in [1.807, 2.05) is 6.92 Å². The van der Waals surface area contributed by atoms with Crippen LogP contribution in [-0.2, 0) is 10.3 Å². The number of rotatable bonds is 1. The molecule has 2 atom stereocenters. The van der Waals surface area contributed by atoms with Crippen molar-refractivity contribution in [1.29, 1.82) is 0 Å². The number of ether oxygens (including phenoxy) is 1. The lowest BCUT2D eigenvalue weighted by Gasteiger charge is -2.35. The fourth-order valence-electron chi connectivity index (χ4n) is 1.87. The van der Waals surface area contributed by atoms with Crippen LogP contribution in [0.25, 0.3) is 0 Å². The Morgan fingerprint density at radius 1 is 1.50 bits per heavy atom. The monoisotopic (exact) mass is 194 g/mol. The van der Waals surface area contributed by atoms with Gasteiger partial charge in [-0.2, -0.15) is 0 Å². The highest BCUT2D eigenvalue weighted by Gasteiger charge is 2.35. The molecule has 0 radical (unpaired) electrons. The van der Waals surface area contributed by atoms with E-state index in [9.17, 15) is 5.11 Å². The second-order valence-electron chi connectivity index (χ2n) is 3.79. The minimum absolute atomic E-state index is 0.0916. The summed E-state index contributed by atoms with van der Waals surface area (Å²) in [5.74, 6) is 0. The number of aliphatic hydroxyl groups is 1. The van der Waals surface area contributed by atoms with Gasteiger partial charge in [0.25, 0.3) is 0 Å². The summed E-state index contributed by atoms with van der Waals surface area (Å²) >= 11 is 0. The van der Waals surface area contributed by atoms with Crippen LogP contribution in [0.15, 0.2) is 18.7 Å². The number of hydrogen-bond donors (Lipinski definition) is 1. The van der Waals surface area contributed by atoms with Gasteiger partial charge in [-0.3, -0.25) is 0 Å². The van der Waals surface area contributed by atoms with Gasteiger partial charge in [-0.1, -0.05) is 0 Å². The van der Waals surface area contributed by atoms with Crippen LogP contribution in [0.5, 0.6) is 0 Å². The molecule has 1 aliphatic rings. The molecule has 1 N–H and O–H groups in total. The van der Waals surface area contributed by atoms with Crippen LogP contribution in [-0.4, -0.2) is 27.8 Å². The fourth-order valence-corrected chi connectivity index (χ4v) is 1.87. The van der Waals surface area contributed by atoms with Gasteiger partial charge < -0.3 is 9.84 Å². The van der Waals surface area contributed by atoms with Crippen LogP contribution in [0.3, 0.4) is 0 Å². The predicted molar refractivity (Wildman–Crippen MR) is 50.6 cm³/mol. The molecular formula is C10H14N2O2. The van der Waals surface area contributed by atoms with E-state index in [1.54, 1.807) is 12.4 Å². The average molecular weight is 194 g/mol. The largest absolute Gasteiger partial charge is 0.385 e. The van der Waals surface area contributed by atoms with Crippen molar-refractivity contribution >= 4 is 0 Å². The van der Waals surface area contributed by atoms with Crippen LogP contribution >= 0.6 is 0 Å². The van der Waals surface area contributed by atoms with Crippen LogP contribution in [0.2, 0.25) is 0 Å². The molecule has 1 aromatic heterocycles. The molecule has 0 amide bonds. The SMILES string of the molecule is CC1CC(O)(c2cncnc2)CCO1. The Hall–Kier alpha value is -1.00. The van der Waals surface area contributed by atoms with Gasteiger partial charge in [0.05, 0.1) is 18.3 Å². The molecule has 1 saturated heterocycles. The summed E-state index contributed by atoms with van der Waals surface area (Å²) in [7, 11) is 0. The summed E-state index contributed by atoms with van der Waals surface area (Å²) < 4.78 is 5.39. The van der Waals surface area contributed by atoms with Crippen LogP contribution < -0.4 is 0 Å². The van der Waals surface area contributed by atoms with Crippen molar-refractivity contribution in [2.75, 3.05) is 6.61 Å². The Kier molecular flexibility index (Phi) is 2.48. The third-order valence-electron chi connectivity index (χ3n) is 2.64. The Morgan fingerprint density at radius 3 is 2.86 bits per heavy atom. The van der Waals surface area contributed by atoms with Crippen molar-refractivity contribution in [3.8, 4) is 0 Å². The zero-order valence-electron chi connectivity index (χ0n) is 8.18. The Labute approximate surface area is 83.0 Å². The minimum atomic E-state index is -0.807. The summed E-state index contributed by atoms with van der Waals surface area (Å²) in [6, 6.07) is 0. The molecule has 1 aliphatic heterocycles. The molecule has 0 aliphatic carbocycles. The lowest BCUT2D eigenvalue weighted by Crippen LogP contribution is -2.37. The van der Waals surface area contributed by atoms with E-state index in [4.69, 9.17) is 4.74 Å². The van der Waals surface area contributed by atoms with E-state index in [0.717, 1.165) is 5.56 Å². The van der Waals surface area contributed by atoms with Crippen molar-refractivity contribution in [2.24, 2.45) is 0 Å². The van der Waals surface area contributed by atoms with Gasteiger partial charge in [0.15, 0.2) is 0 Å². The maximum atomic E-state index is 10.4. The molecular weight excluding hydrogens is 180 g/mol. The van der Waals surface area contributed by atoms with Crippen LogP contribution in [0, 0.1) is 0 Å². The van der Waals surface area contributed by atoms with Crippen molar-refractivity contribution in [3.05, 3.63) is 24.3 Å². The molecule has 14 heavy (non-hydrogen) atoms. The Bertz CT molecular complexity index is 304. The molecule has 0 spiro atoms. The van der Waals surface area contributed by atoms with Gasteiger partial charge in [-0.25, -0.2) is 9.97 Å². The molecule has 1 fully saturated rings. The lowest BCUT2D eigenvalue weighted by molar-refractivity contribution is -0.102. The number of hydrogen-bond acceptors (Lipinski definition) is 4. The molecule has 1 aromatic rings. The van der Waals surface area contributed by atoms with E-state index < -0.39 is 5.60 Å². The summed E-state index contributed by atoms with van der Waals surface area (Å²) in [5.41, 5.74) is -0.0194. The molecule has 4 nitrogen and oxygen atoms in total. The first-order valence-corrected chi connectivity index (χ1v) is 4.80. The van der Waals surface area contributed by atoms with E-state index in [1.165, 1.54) is 6.33 Å². The van der Waals surface area contributed by atoms with E-state index in [2.05, 4.69) is 9.97 Å². The normalized spacial score (nSPS) is 32.9. The van der Waals surface area contributed by atoms with Gasteiger partial charge in [0, 0.05) is 30.8 Å². The molecule has 4 heteroatoms. The quantitative estimate of drug-likeness (QED) is 0.720. The van der Waals surface area contributed by atoms with E-state index >= 15 is 0 Å². The second-order valence-corrected chi connectivity index (χ2v) is 3.79. The lowest BCUT2D eigenvalue weighted by atomic mass is 9.86. The maximum Gasteiger partial charge on any atom is 0.115 e. The van der Waals surface area contributed by atoms with Crippen molar-refractivity contribution in [2.45, 2.75) is 31.5 Å². The first-order chi connectivity index (χ1) is 6.71. The third-order valence-corrected chi connectivity index (χ3v) is 2.64. The highest BCUT2D eigenvalue weighted by molar-refractivity contribution is 5.15. The van der Waals surface area contributed by atoms with Crippen molar-refractivity contribution in [3.63, 3.8) is 0 Å². The Balaban J connectivity index is 2.23. The van der Waals surface area contributed by atoms with Gasteiger partial charge in [0.1, 0.15) is 6.33 Å². The molecule has 2 unspecified atom stereocenters. The fraction of sp³-hybridized carbons (Fsp3) is 0.600. The van der Waals surface area contributed by atoms with E-state index in [0.29, 0.717) is 19.4 Å². The number of aromatic nitrogens is 2. The number of nitrogens with zero attached hydrogens (tertiary/aromatic N) is 2. The third kappa shape index (κ3) is 1.76. The molecule has 0 aromatic carbocycles. The zero-order valence-corrected chi connectivity index (χ0v) is 8.18. The van der Waals surface area contributed by atoms with Gasteiger partial charge in [0.2, 0.25) is 0 Å². The first-order valence-electron chi connectivity index (χ1n) is 4.80. The first kappa shape index (κ1) is 9.55. The summed E-state index contributed by atoms with van der Waals surface area (Å²) in [5, 5.41) is 10.4. The predicted octanol–water partition coefficient (Wildman–Crippen LogP) is 0.863. The average Bonchev–Trinajstić information content (AvgIpc) is 2.19. The van der Waals surface area contributed by atoms with Crippen molar-refractivity contribution in [1.82, 2.24) is 9.97 Å². The minimum Gasteiger partial charge on any atom is -0.385 e. The molecule has 2 heterocycles. The van der Waals surface area contributed by atoms with Gasteiger partial charge >= 0.3 is 0 Å². The molecule has 2 rings (SSSR count). The summed E-state index contributed by atoms with van der Waals surface area (Å²) in [6.07, 6.45) is 6.13. The van der Waals surface area contributed by atoms with Crippen molar-refractivity contribution < 1.29 is 9.84 Å². The molecule has 0 bridgehead atoms. The van der Waals surface area contributed by atoms with Crippen LogP contribution in [0.4, 0.5) is 0 Å². The summed E-state index contributed by atoms with van der Waals surface area (Å²) in [4.78, 5) is 7.84. The van der Waals surface area contributed by atoms with Crippen LogP contribution in [0.1, 0.15) is 25.3 Å². The zero-order chi connectivity index (χ0) is 10.0. The van der Waals surface area contributed by atoms with Gasteiger partial charge in [-0.05, 0) is 6.92 Å². The Morgan fingerprint density at radius 2 is 2.21 bits per heavy atom.